The normalized spacial score (nSPS) is 19.4. The maximum Gasteiger partial charge on any atom is 0.355 e. The van der Waals surface area contributed by atoms with E-state index in [1.54, 1.807) is 31.2 Å². The van der Waals surface area contributed by atoms with Crippen molar-refractivity contribution in [3.8, 4) is 0 Å². The minimum Gasteiger partial charge on any atom is -0.456 e. The number of anilines is 1. The van der Waals surface area contributed by atoms with Crippen molar-refractivity contribution in [1.29, 1.82) is 0 Å². The van der Waals surface area contributed by atoms with Gasteiger partial charge in [0, 0.05) is 29.1 Å². The van der Waals surface area contributed by atoms with E-state index in [1.807, 2.05) is 0 Å². The first kappa shape index (κ1) is 22.3. The number of esters is 1. The van der Waals surface area contributed by atoms with Crippen molar-refractivity contribution >= 4 is 40.9 Å². The Morgan fingerprint density at radius 2 is 1.88 bits per heavy atom. The van der Waals surface area contributed by atoms with E-state index < -0.39 is 34.1 Å². The van der Waals surface area contributed by atoms with Crippen molar-refractivity contribution in [3.63, 3.8) is 0 Å². The molecule has 2 aliphatic rings. The van der Waals surface area contributed by atoms with Gasteiger partial charge in [0.2, 0.25) is 0 Å². The lowest BCUT2D eigenvalue weighted by molar-refractivity contribution is -0.384. The molecule has 0 spiro atoms. The van der Waals surface area contributed by atoms with E-state index in [0.29, 0.717) is 28.1 Å². The average molecular weight is 468 g/mol. The minimum absolute atomic E-state index is 0.0611. The molecule has 2 aliphatic heterocycles. The highest BCUT2D eigenvalue weighted by Gasteiger charge is 2.54. The van der Waals surface area contributed by atoms with E-state index >= 15 is 0 Å². The van der Waals surface area contributed by atoms with Crippen LogP contribution in [0.25, 0.3) is 0 Å². The molecule has 2 aromatic rings. The van der Waals surface area contributed by atoms with Crippen molar-refractivity contribution in [2.75, 3.05) is 11.5 Å². The highest BCUT2D eigenvalue weighted by Crippen LogP contribution is 2.40. The maximum atomic E-state index is 12.8. The van der Waals surface area contributed by atoms with Gasteiger partial charge in [0.15, 0.2) is 0 Å². The molecule has 1 saturated heterocycles. The Morgan fingerprint density at radius 1 is 1.21 bits per heavy atom. The summed E-state index contributed by atoms with van der Waals surface area (Å²) in [7, 11) is 0. The molecule has 2 heterocycles. The second-order valence-corrected chi connectivity index (χ2v) is 8.72. The van der Waals surface area contributed by atoms with Gasteiger partial charge in [-0.15, -0.1) is 11.8 Å². The molecular formula is C22H20N4O6S. The number of ether oxygens (including phenoxy) is 1. The first-order valence-corrected chi connectivity index (χ1v) is 11.0. The molecule has 0 bridgehead atoms. The fraction of sp³-hybridized carbons (Fsp3) is 0.227. The van der Waals surface area contributed by atoms with Gasteiger partial charge < -0.3 is 15.8 Å². The Morgan fingerprint density at radius 3 is 2.52 bits per heavy atom. The lowest BCUT2D eigenvalue weighted by Gasteiger charge is -2.49. The standard InChI is InChI=1S/C22H20N4O6S/c1-12-11-33-21-17(24-19(27)14-4-6-15(23)7-5-14)20(28)25(21)18(12)22(29)32-10-13-2-8-16(9-3-13)26(30)31/h2-9,17,21H,10-11,23H2,1H3,(H,24,27)/t17?,21-/m0/s1. The van der Waals surface area contributed by atoms with E-state index in [4.69, 9.17) is 10.5 Å². The number of non-ortho nitro benzene ring substituents is 1. The number of rotatable bonds is 6. The number of nitrogens with two attached hydrogens (primary N) is 1. The van der Waals surface area contributed by atoms with Gasteiger partial charge in [-0.3, -0.25) is 24.6 Å². The van der Waals surface area contributed by atoms with E-state index in [2.05, 4.69) is 5.32 Å². The highest BCUT2D eigenvalue weighted by molar-refractivity contribution is 8.00. The zero-order valence-corrected chi connectivity index (χ0v) is 18.3. The molecule has 3 N–H and O–H groups in total. The molecule has 1 unspecified atom stereocenters. The van der Waals surface area contributed by atoms with Crippen LogP contribution in [0.1, 0.15) is 22.8 Å². The molecule has 0 aromatic heterocycles. The van der Waals surface area contributed by atoms with Gasteiger partial charge in [-0.05, 0) is 54.5 Å². The van der Waals surface area contributed by atoms with Crippen LogP contribution in [-0.4, -0.2) is 44.8 Å². The molecule has 170 valence electrons. The lowest BCUT2D eigenvalue weighted by Crippen LogP contribution is -2.70. The highest BCUT2D eigenvalue weighted by atomic mass is 32.2. The van der Waals surface area contributed by atoms with Crippen molar-refractivity contribution < 1.29 is 24.0 Å². The zero-order valence-electron chi connectivity index (χ0n) is 17.5. The smallest absolute Gasteiger partial charge is 0.355 e. The number of carbonyl (C=O) groups is 3. The number of hydrogen-bond acceptors (Lipinski definition) is 8. The van der Waals surface area contributed by atoms with Crippen LogP contribution >= 0.6 is 11.8 Å². The first-order valence-electron chi connectivity index (χ1n) is 9.97. The molecule has 1 fully saturated rings. The SMILES string of the molecule is CC1=C(C(=O)OCc2ccc([N+](=O)[O-])cc2)N2C(=O)C(NC(=O)c3ccc(N)cc3)[C@@H]2SC1. The van der Waals surface area contributed by atoms with Crippen LogP contribution in [0.2, 0.25) is 0 Å². The molecule has 2 atom stereocenters. The molecule has 0 aliphatic carbocycles. The number of nitrogens with one attached hydrogen (secondary N) is 1. The Balaban J connectivity index is 1.41. The third-order valence-electron chi connectivity index (χ3n) is 5.33. The van der Waals surface area contributed by atoms with Crippen LogP contribution < -0.4 is 11.1 Å². The molecular weight excluding hydrogens is 448 g/mol. The summed E-state index contributed by atoms with van der Waals surface area (Å²) in [5.41, 5.74) is 7.93. The number of benzene rings is 2. The van der Waals surface area contributed by atoms with E-state index in [9.17, 15) is 24.5 Å². The Labute approximate surface area is 192 Å². The molecule has 11 heteroatoms. The predicted molar refractivity (Wildman–Crippen MR) is 121 cm³/mol. The predicted octanol–water partition coefficient (Wildman–Crippen LogP) is 2.21. The summed E-state index contributed by atoms with van der Waals surface area (Å²) >= 11 is 1.45. The van der Waals surface area contributed by atoms with E-state index in [-0.39, 0.29) is 18.0 Å². The third-order valence-corrected chi connectivity index (χ3v) is 6.75. The summed E-state index contributed by atoms with van der Waals surface area (Å²) in [5, 5.41) is 13.1. The van der Waals surface area contributed by atoms with Crippen molar-refractivity contribution in [3.05, 3.63) is 81.0 Å². The lowest BCUT2D eigenvalue weighted by atomic mass is 10.0. The third kappa shape index (κ3) is 4.40. The summed E-state index contributed by atoms with van der Waals surface area (Å²) in [6, 6.07) is 11.3. The van der Waals surface area contributed by atoms with Crippen LogP contribution in [0.5, 0.6) is 0 Å². The van der Waals surface area contributed by atoms with Crippen LogP contribution in [0.3, 0.4) is 0 Å². The van der Waals surface area contributed by atoms with Gasteiger partial charge in [-0.2, -0.15) is 0 Å². The summed E-state index contributed by atoms with van der Waals surface area (Å²) in [6.45, 7) is 1.66. The number of thioether (sulfide) groups is 1. The molecule has 33 heavy (non-hydrogen) atoms. The maximum absolute atomic E-state index is 12.8. The number of nitrogens with zero attached hydrogens (tertiary/aromatic N) is 2. The van der Waals surface area contributed by atoms with Gasteiger partial charge in [0.05, 0.1) is 4.92 Å². The number of hydrogen-bond donors (Lipinski definition) is 2. The summed E-state index contributed by atoms with van der Waals surface area (Å²) in [4.78, 5) is 49.7. The largest absolute Gasteiger partial charge is 0.456 e. The molecule has 0 saturated carbocycles. The first-order chi connectivity index (χ1) is 15.8. The molecule has 4 rings (SSSR count). The van der Waals surface area contributed by atoms with E-state index in [0.717, 1.165) is 0 Å². The monoisotopic (exact) mass is 468 g/mol. The van der Waals surface area contributed by atoms with Gasteiger partial charge in [-0.1, -0.05) is 0 Å². The van der Waals surface area contributed by atoms with Crippen LogP contribution in [0.4, 0.5) is 11.4 Å². The van der Waals surface area contributed by atoms with Crippen LogP contribution in [0.15, 0.2) is 59.8 Å². The fourth-order valence-corrected chi connectivity index (χ4v) is 4.85. The fourth-order valence-electron chi connectivity index (χ4n) is 3.55. The molecule has 10 nitrogen and oxygen atoms in total. The van der Waals surface area contributed by atoms with Gasteiger partial charge >= 0.3 is 5.97 Å². The number of nitrogen functional groups attached to an aromatic ring is 1. The summed E-state index contributed by atoms with van der Waals surface area (Å²) < 4.78 is 5.37. The Bertz CT molecular complexity index is 1160. The van der Waals surface area contributed by atoms with E-state index in [1.165, 1.54) is 40.9 Å². The summed E-state index contributed by atoms with van der Waals surface area (Å²) in [6.07, 6.45) is 0. The molecule has 2 aromatic carbocycles. The van der Waals surface area contributed by atoms with Gasteiger partial charge in [0.25, 0.3) is 17.5 Å². The second kappa shape index (κ2) is 8.94. The Hall–Kier alpha value is -3.86. The number of fused-ring (bicyclic) bond motifs is 1. The number of amides is 2. The molecule has 2 amide bonds. The van der Waals surface area contributed by atoms with Crippen molar-refractivity contribution in [2.45, 2.75) is 24.9 Å². The number of carbonyl (C=O) groups excluding carboxylic acids is 3. The average Bonchev–Trinajstić information content (AvgIpc) is 2.81. The van der Waals surface area contributed by atoms with Crippen LogP contribution in [-0.2, 0) is 20.9 Å². The zero-order chi connectivity index (χ0) is 23.7. The second-order valence-electron chi connectivity index (χ2n) is 7.61. The van der Waals surface area contributed by atoms with Crippen molar-refractivity contribution in [2.24, 2.45) is 0 Å². The van der Waals surface area contributed by atoms with Crippen LogP contribution in [0, 0.1) is 10.1 Å². The minimum atomic E-state index is -0.759. The summed E-state index contributed by atoms with van der Waals surface area (Å²) in [5.74, 6) is -0.947. The number of nitro benzene ring substituents is 1. The number of nitro groups is 1. The molecule has 0 radical (unpaired) electrons. The quantitative estimate of drug-likeness (QED) is 0.216. The number of β-lactam (4-membered cyclic amide) rings is 1. The van der Waals surface area contributed by atoms with Gasteiger partial charge in [0.1, 0.15) is 23.7 Å². The van der Waals surface area contributed by atoms with Gasteiger partial charge in [-0.25, -0.2) is 4.79 Å². The Kier molecular flexibility index (Phi) is 6.05. The topological polar surface area (TPSA) is 145 Å². The van der Waals surface area contributed by atoms with Crippen molar-refractivity contribution in [1.82, 2.24) is 10.2 Å².